The number of rotatable bonds is 7. The first-order valence-corrected chi connectivity index (χ1v) is 4.68. The third-order valence-corrected chi connectivity index (χ3v) is 1.74. The average molecular weight is 214 g/mol. The molecule has 0 radical (unpaired) electrons. The minimum Gasteiger partial charge on any atom is -0.479 e. The van der Waals surface area contributed by atoms with Crippen molar-refractivity contribution in [2.75, 3.05) is 13.2 Å². The van der Waals surface area contributed by atoms with E-state index in [1.165, 1.54) is 6.26 Å². The third-order valence-electron chi connectivity index (χ3n) is 1.74. The number of aliphatic carboxylic acids is 1. The number of hydrogen-bond donors (Lipinski definition) is 1. The molecule has 1 rings (SSSR count). The van der Waals surface area contributed by atoms with E-state index in [1.807, 2.05) is 0 Å². The highest BCUT2D eigenvalue weighted by Gasteiger charge is 2.17. The van der Waals surface area contributed by atoms with Crippen LogP contribution in [0.2, 0.25) is 0 Å². The van der Waals surface area contributed by atoms with E-state index < -0.39 is 12.1 Å². The Morgan fingerprint density at radius 2 is 2.47 bits per heavy atom. The minimum atomic E-state index is -1.02. The van der Waals surface area contributed by atoms with Crippen molar-refractivity contribution in [3.63, 3.8) is 0 Å². The molecule has 0 saturated carbocycles. The zero-order valence-electron chi connectivity index (χ0n) is 8.51. The van der Waals surface area contributed by atoms with Gasteiger partial charge >= 0.3 is 5.97 Å². The van der Waals surface area contributed by atoms with Crippen LogP contribution in [0.4, 0.5) is 0 Å². The van der Waals surface area contributed by atoms with Gasteiger partial charge in [0, 0.05) is 6.61 Å². The van der Waals surface area contributed by atoms with E-state index in [-0.39, 0.29) is 13.2 Å². The Labute approximate surface area is 87.6 Å². The Morgan fingerprint density at radius 1 is 1.67 bits per heavy atom. The van der Waals surface area contributed by atoms with E-state index in [2.05, 4.69) is 0 Å². The average Bonchev–Trinajstić information content (AvgIpc) is 2.69. The molecule has 0 bridgehead atoms. The molecule has 0 spiro atoms. The fourth-order valence-corrected chi connectivity index (χ4v) is 1.05. The highest BCUT2D eigenvalue weighted by Crippen LogP contribution is 2.03. The van der Waals surface area contributed by atoms with Gasteiger partial charge in [0.05, 0.1) is 12.9 Å². The molecule has 0 aliphatic heterocycles. The van der Waals surface area contributed by atoms with Gasteiger partial charge in [-0.1, -0.05) is 0 Å². The second-order valence-corrected chi connectivity index (χ2v) is 2.88. The summed E-state index contributed by atoms with van der Waals surface area (Å²) < 4.78 is 15.1. The number of carboxylic acid groups (broad SMARTS) is 1. The van der Waals surface area contributed by atoms with Gasteiger partial charge in [0.25, 0.3) is 0 Å². The maximum atomic E-state index is 10.7. The monoisotopic (exact) mass is 214 g/mol. The van der Waals surface area contributed by atoms with Crippen LogP contribution in [0, 0.1) is 0 Å². The Hall–Kier alpha value is -1.33. The normalized spacial score (nSPS) is 12.6. The maximum Gasteiger partial charge on any atom is 0.335 e. The second-order valence-electron chi connectivity index (χ2n) is 2.88. The topological polar surface area (TPSA) is 68.9 Å². The molecule has 1 aromatic heterocycles. The van der Waals surface area contributed by atoms with Gasteiger partial charge in [-0.25, -0.2) is 4.79 Å². The van der Waals surface area contributed by atoms with Gasteiger partial charge in [0.15, 0.2) is 6.10 Å². The smallest absolute Gasteiger partial charge is 0.335 e. The van der Waals surface area contributed by atoms with Crippen molar-refractivity contribution in [1.82, 2.24) is 0 Å². The summed E-state index contributed by atoms with van der Waals surface area (Å²) in [6.45, 7) is 2.36. The summed E-state index contributed by atoms with van der Waals surface area (Å²) in [7, 11) is 0. The van der Waals surface area contributed by atoms with Crippen LogP contribution >= 0.6 is 0 Å². The van der Waals surface area contributed by atoms with Crippen LogP contribution < -0.4 is 0 Å². The molecule has 0 fully saturated rings. The lowest BCUT2D eigenvalue weighted by Gasteiger charge is -2.11. The second kappa shape index (κ2) is 6.21. The van der Waals surface area contributed by atoms with Crippen LogP contribution in [0.5, 0.6) is 0 Å². The molecule has 84 valence electrons. The predicted molar refractivity (Wildman–Crippen MR) is 51.4 cm³/mol. The number of carbonyl (C=O) groups is 1. The van der Waals surface area contributed by atoms with Gasteiger partial charge < -0.3 is 19.0 Å². The molecule has 5 nitrogen and oxygen atoms in total. The highest BCUT2D eigenvalue weighted by molar-refractivity contribution is 5.72. The quantitative estimate of drug-likeness (QED) is 0.740. The Morgan fingerprint density at radius 3 is 3.00 bits per heavy atom. The lowest BCUT2D eigenvalue weighted by Crippen LogP contribution is -2.29. The summed E-state index contributed by atoms with van der Waals surface area (Å²) in [4.78, 5) is 10.7. The van der Waals surface area contributed by atoms with Crippen LogP contribution in [0.1, 0.15) is 12.7 Å². The Bertz CT molecular complexity index is 280. The number of hydrogen-bond acceptors (Lipinski definition) is 4. The van der Waals surface area contributed by atoms with Gasteiger partial charge in [-0.2, -0.15) is 0 Å². The summed E-state index contributed by atoms with van der Waals surface area (Å²) >= 11 is 0. The van der Waals surface area contributed by atoms with Gasteiger partial charge in [0.1, 0.15) is 12.4 Å². The summed E-state index contributed by atoms with van der Waals surface area (Å²) in [6.07, 6.45) is 0.626. The van der Waals surface area contributed by atoms with Crippen LogP contribution in [0.15, 0.2) is 22.8 Å². The fraction of sp³-hybridized carbons (Fsp3) is 0.500. The van der Waals surface area contributed by atoms with Gasteiger partial charge in [-0.05, 0) is 19.1 Å². The lowest BCUT2D eigenvalue weighted by atomic mass is 10.4. The van der Waals surface area contributed by atoms with Crippen molar-refractivity contribution < 1.29 is 23.8 Å². The zero-order chi connectivity index (χ0) is 11.1. The highest BCUT2D eigenvalue weighted by atomic mass is 16.6. The van der Waals surface area contributed by atoms with E-state index >= 15 is 0 Å². The molecule has 1 unspecified atom stereocenters. The summed E-state index contributed by atoms with van der Waals surface area (Å²) in [6, 6.07) is 3.51. The molecule has 15 heavy (non-hydrogen) atoms. The molecule has 0 aliphatic rings. The number of carboxylic acids is 1. The fourth-order valence-electron chi connectivity index (χ4n) is 1.05. The standard InChI is InChI=1S/C10H14O5/c1-2-14-9(10(11)12)7-13-6-8-4-3-5-15-8/h3-5,9H,2,6-7H2,1H3,(H,11,12). The largest absolute Gasteiger partial charge is 0.479 e. The minimum absolute atomic E-state index is 0.0177. The van der Waals surface area contributed by atoms with Gasteiger partial charge in [-0.15, -0.1) is 0 Å². The van der Waals surface area contributed by atoms with E-state index in [4.69, 9.17) is 19.0 Å². The Kier molecular flexibility index (Phi) is 4.86. The molecule has 1 heterocycles. The number of ether oxygens (including phenoxy) is 2. The van der Waals surface area contributed by atoms with Crippen molar-refractivity contribution in [3.8, 4) is 0 Å². The third kappa shape index (κ3) is 4.14. The molecule has 0 saturated heterocycles. The zero-order valence-corrected chi connectivity index (χ0v) is 8.51. The van der Waals surface area contributed by atoms with Crippen molar-refractivity contribution in [3.05, 3.63) is 24.2 Å². The van der Waals surface area contributed by atoms with Crippen LogP contribution in [-0.4, -0.2) is 30.4 Å². The van der Waals surface area contributed by atoms with Crippen LogP contribution in [0.3, 0.4) is 0 Å². The summed E-state index contributed by atoms with van der Waals surface area (Å²) in [5.41, 5.74) is 0. The van der Waals surface area contributed by atoms with E-state index in [0.29, 0.717) is 12.4 Å². The van der Waals surface area contributed by atoms with Crippen LogP contribution in [0.25, 0.3) is 0 Å². The number of furan rings is 1. The molecule has 0 aliphatic carbocycles. The summed E-state index contributed by atoms with van der Waals surface area (Å²) in [5, 5.41) is 8.73. The lowest BCUT2D eigenvalue weighted by molar-refractivity contribution is -0.154. The molecule has 1 N–H and O–H groups in total. The predicted octanol–water partition coefficient (Wildman–Crippen LogP) is 1.29. The Balaban J connectivity index is 2.25. The van der Waals surface area contributed by atoms with Crippen molar-refractivity contribution in [2.24, 2.45) is 0 Å². The molecular formula is C10H14O5. The van der Waals surface area contributed by atoms with Crippen molar-refractivity contribution >= 4 is 5.97 Å². The van der Waals surface area contributed by atoms with Crippen molar-refractivity contribution in [2.45, 2.75) is 19.6 Å². The van der Waals surface area contributed by atoms with E-state index in [1.54, 1.807) is 19.1 Å². The van der Waals surface area contributed by atoms with Gasteiger partial charge in [-0.3, -0.25) is 0 Å². The first kappa shape index (κ1) is 11.7. The van der Waals surface area contributed by atoms with Gasteiger partial charge in [0.2, 0.25) is 0 Å². The molecule has 0 aromatic carbocycles. The molecule has 1 atom stereocenters. The van der Waals surface area contributed by atoms with E-state index in [9.17, 15) is 4.79 Å². The molecule has 1 aromatic rings. The first-order chi connectivity index (χ1) is 7.24. The van der Waals surface area contributed by atoms with E-state index in [0.717, 1.165) is 0 Å². The SMILES string of the molecule is CCOC(COCc1ccco1)C(=O)O. The maximum absolute atomic E-state index is 10.7. The molecular weight excluding hydrogens is 200 g/mol. The molecule has 0 amide bonds. The van der Waals surface area contributed by atoms with Crippen LogP contribution in [-0.2, 0) is 20.9 Å². The summed E-state index contributed by atoms with van der Waals surface area (Å²) in [5.74, 6) is -0.355. The van der Waals surface area contributed by atoms with Crippen molar-refractivity contribution in [1.29, 1.82) is 0 Å². The first-order valence-electron chi connectivity index (χ1n) is 4.68. The molecule has 5 heteroatoms.